The Morgan fingerprint density at radius 3 is 2.64 bits per heavy atom. The Hall–Kier alpha value is -3.13. The van der Waals surface area contributed by atoms with E-state index in [9.17, 15) is 4.79 Å². The molecule has 7 nitrogen and oxygen atoms in total. The van der Waals surface area contributed by atoms with Crippen molar-refractivity contribution in [3.05, 3.63) is 64.6 Å². The zero-order valence-corrected chi connectivity index (χ0v) is 14.2. The molecule has 0 radical (unpaired) electrons. The molecule has 0 saturated heterocycles. The average molecular weight is 354 g/mol. The maximum atomic E-state index is 12.0. The lowest BCUT2D eigenvalue weighted by molar-refractivity contribution is 0.0962. The molecule has 0 bridgehead atoms. The smallest absolute Gasteiger partial charge is 0.269 e. The lowest BCUT2D eigenvalue weighted by Crippen LogP contribution is -2.30. The minimum absolute atomic E-state index is 0.272. The predicted octanol–water partition coefficient (Wildman–Crippen LogP) is 2.53. The fourth-order valence-electron chi connectivity index (χ4n) is 2.17. The highest BCUT2D eigenvalue weighted by atomic mass is 32.1. The normalized spacial score (nSPS) is 10.2. The molecule has 0 unspecified atom stereocenters. The standard InChI is InChI=1S/C17H18N6OS/c18-14-15(19-9-8-13-7-4-10-25-13)20-11-21-16(14)22-23-17(24)12-5-2-1-3-6-12/h1-7,10-11H,8-9,18H2,(H,23,24)(H2,19,20,21,22). The van der Waals surface area contributed by atoms with E-state index >= 15 is 0 Å². The van der Waals surface area contributed by atoms with Gasteiger partial charge < -0.3 is 11.1 Å². The molecule has 1 amide bonds. The Kier molecular flexibility index (Phi) is 5.43. The molecule has 2 heterocycles. The number of nitrogen functional groups attached to an aromatic ring is 1. The number of anilines is 3. The van der Waals surface area contributed by atoms with Crippen molar-refractivity contribution in [1.82, 2.24) is 15.4 Å². The number of carbonyl (C=O) groups is 1. The van der Waals surface area contributed by atoms with E-state index in [1.807, 2.05) is 17.5 Å². The van der Waals surface area contributed by atoms with Gasteiger partial charge in [0.2, 0.25) is 0 Å². The zero-order chi connectivity index (χ0) is 17.5. The number of hydrogen-bond donors (Lipinski definition) is 4. The van der Waals surface area contributed by atoms with Crippen molar-refractivity contribution in [2.75, 3.05) is 23.0 Å². The summed E-state index contributed by atoms with van der Waals surface area (Å²) in [6.07, 6.45) is 2.27. The fraction of sp³-hybridized carbons (Fsp3) is 0.118. The Balaban J connectivity index is 1.57. The number of carbonyl (C=O) groups excluding carboxylic acids is 1. The van der Waals surface area contributed by atoms with Gasteiger partial charge in [0.25, 0.3) is 5.91 Å². The van der Waals surface area contributed by atoms with Crippen molar-refractivity contribution >= 4 is 34.6 Å². The van der Waals surface area contributed by atoms with E-state index in [0.29, 0.717) is 29.4 Å². The van der Waals surface area contributed by atoms with Gasteiger partial charge in [0.05, 0.1) is 0 Å². The number of benzene rings is 1. The maximum Gasteiger partial charge on any atom is 0.269 e. The minimum atomic E-state index is -0.272. The Morgan fingerprint density at radius 1 is 1.08 bits per heavy atom. The lowest BCUT2D eigenvalue weighted by Gasteiger charge is -2.13. The fourth-order valence-corrected chi connectivity index (χ4v) is 2.88. The van der Waals surface area contributed by atoms with Crippen molar-refractivity contribution in [2.24, 2.45) is 0 Å². The Bertz CT molecular complexity index is 822. The third-order valence-electron chi connectivity index (χ3n) is 3.46. The first-order valence-electron chi connectivity index (χ1n) is 7.72. The van der Waals surface area contributed by atoms with Crippen LogP contribution in [0, 0.1) is 0 Å². The highest BCUT2D eigenvalue weighted by Gasteiger charge is 2.10. The second-order valence-electron chi connectivity index (χ2n) is 5.19. The molecular weight excluding hydrogens is 336 g/mol. The summed E-state index contributed by atoms with van der Waals surface area (Å²) in [6.45, 7) is 0.706. The molecule has 0 atom stereocenters. The highest BCUT2D eigenvalue weighted by molar-refractivity contribution is 7.09. The summed E-state index contributed by atoms with van der Waals surface area (Å²) in [5.41, 5.74) is 12.3. The van der Waals surface area contributed by atoms with Crippen molar-refractivity contribution in [3.8, 4) is 0 Å². The molecule has 128 valence electrons. The molecule has 0 saturated carbocycles. The molecule has 2 aromatic heterocycles. The van der Waals surface area contributed by atoms with Gasteiger partial charge in [-0.25, -0.2) is 9.97 Å². The number of nitrogens with two attached hydrogens (primary N) is 1. The number of rotatable bonds is 7. The second kappa shape index (κ2) is 8.11. The SMILES string of the molecule is Nc1c(NCCc2cccs2)ncnc1NNC(=O)c1ccccc1. The van der Waals surface area contributed by atoms with Crippen molar-refractivity contribution in [2.45, 2.75) is 6.42 Å². The number of hydrazine groups is 1. The van der Waals surface area contributed by atoms with E-state index in [1.165, 1.54) is 11.2 Å². The lowest BCUT2D eigenvalue weighted by atomic mass is 10.2. The summed E-state index contributed by atoms with van der Waals surface area (Å²) in [6, 6.07) is 13.0. The number of aromatic nitrogens is 2. The number of thiophene rings is 1. The zero-order valence-electron chi connectivity index (χ0n) is 13.4. The van der Waals surface area contributed by atoms with Gasteiger partial charge in [-0.15, -0.1) is 11.3 Å². The Labute approximate surface area is 149 Å². The molecule has 0 aliphatic rings. The average Bonchev–Trinajstić information content (AvgIpc) is 3.16. The van der Waals surface area contributed by atoms with Crippen LogP contribution in [0.15, 0.2) is 54.2 Å². The van der Waals surface area contributed by atoms with Gasteiger partial charge in [-0.05, 0) is 30.0 Å². The van der Waals surface area contributed by atoms with Gasteiger partial charge >= 0.3 is 0 Å². The minimum Gasteiger partial charge on any atom is -0.393 e. The quantitative estimate of drug-likeness (QED) is 0.486. The summed E-state index contributed by atoms with van der Waals surface area (Å²) >= 11 is 1.71. The van der Waals surface area contributed by atoms with Crippen LogP contribution in [-0.4, -0.2) is 22.4 Å². The van der Waals surface area contributed by atoms with E-state index in [4.69, 9.17) is 5.73 Å². The van der Waals surface area contributed by atoms with E-state index in [0.717, 1.165) is 6.42 Å². The third-order valence-corrected chi connectivity index (χ3v) is 4.39. The Morgan fingerprint density at radius 2 is 1.88 bits per heavy atom. The first-order chi connectivity index (χ1) is 12.2. The van der Waals surface area contributed by atoms with Crippen LogP contribution < -0.4 is 21.9 Å². The summed E-state index contributed by atoms with van der Waals surface area (Å²) in [4.78, 5) is 21.5. The first kappa shape index (κ1) is 16.7. The monoisotopic (exact) mass is 354 g/mol. The van der Waals surface area contributed by atoms with Crippen LogP contribution >= 0.6 is 11.3 Å². The molecule has 0 aliphatic heterocycles. The van der Waals surface area contributed by atoms with Gasteiger partial charge in [0, 0.05) is 17.0 Å². The van der Waals surface area contributed by atoms with E-state index < -0.39 is 0 Å². The molecule has 0 fully saturated rings. The largest absolute Gasteiger partial charge is 0.393 e. The first-order valence-corrected chi connectivity index (χ1v) is 8.60. The summed E-state index contributed by atoms with van der Waals surface area (Å²) in [5.74, 6) is 0.603. The molecule has 0 spiro atoms. The van der Waals surface area contributed by atoms with Gasteiger partial charge in [-0.3, -0.25) is 15.6 Å². The van der Waals surface area contributed by atoms with Crippen LogP contribution in [0.25, 0.3) is 0 Å². The van der Waals surface area contributed by atoms with Crippen LogP contribution in [0.5, 0.6) is 0 Å². The van der Waals surface area contributed by atoms with Crippen LogP contribution in [0.3, 0.4) is 0 Å². The molecule has 1 aromatic carbocycles. The summed E-state index contributed by atoms with van der Waals surface area (Å²) in [5, 5.41) is 5.24. The molecule has 25 heavy (non-hydrogen) atoms. The molecule has 5 N–H and O–H groups in total. The van der Waals surface area contributed by atoms with Gasteiger partial charge in [-0.2, -0.15) is 0 Å². The number of hydrogen-bond acceptors (Lipinski definition) is 7. The van der Waals surface area contributed by atoms with Gasteiger partial charge in [0.1, 0.15) is 12.0 Å². The number of amides is 1. The molecule has 3 aromatic rings. The van der Waals surface area contributed by atoms with Crippen LogP contribution in [0.4, 0.5) is 17.3 Å². The van der Waals surface area contributed by atoms with Crippen LogP contribution in [0.2, 0.25) is 0 Å². The highest BCUT2D eigenvalue weighted by Crippen LogP contribution is 2.21. The van der Waals surface area contributed by atoms with Crippen molar-refractivity contribution in [3.63, 3.8) is 0 Å². The second-order valence-corrected chi connectivity index (χ2v) is 6.22. The number of nitrogens with one attached hydrogen (secondary N) is 3. The molecular formula is C17H18N6OS. The molecule has 0 aliphatic carbocycles. The van der Waals surface area contributed by atoms with E-state index in [2.05, 4.69) is 32.2 Å². The van der Waals surface area contributed by atoms with Crippen molar-refractivity contribution < 1.29 is 4.79 Å². The maximum absolute atomic E-state index is 12.0. The van der Waals surface area contributed by atoms with Crippen molar-refractivity contribution in [1.29, 1.82) is 0 Å². The topological polar surface area (TPSA) is 105 Å². The van der Waals surface area contributed by atoms with Gasteiger partial charge in [-0.1, -0.05) is 24.3 Å². The molecule has 8 heteroatoms. The summed E-state index contributed by atoms with van der Waals surface area (Å²) in [7, 11) is 0. The molecule has 3 rings (SSSR count). The van der Waals surface area contributed by atoms with E-state index in [-0.39, 0.29) is 5.91 Å². The summed E-state index contributed by atoms with van der Waals surface area (Å²) < 4.78 is 0. The third kappa shape index (κ3) is 4.45. The predicted molar refractivity (Wildman–Crippen MR) is 100 cm³/mol. The van der Waals surface area contributed by atoms with E-state index in [1.54, 1.807) is 35.6 Å². The van der Waals surface area contributed by atoms with Crippen LogP contribution in [0.1, 0.15) is 15.2 Å². The van der Waals surface area contributed by atoms with Gasteiger partial charge in [0.15, 0.2) is 11.6 Å². The van der Waals surface area contributed by atoms with Crippen LogP contribution in [-0.2, 0) is 6.42 Å². The number of nitrogens with zero attached hydrogens (tertiary/aromatic N) is 2.